The molecule has 1 aromatic heterocycles. The van der Waals surface area contributed by atoms with Crippen molar-refractivity contribution in [1.29, 1.82) is 0 Å². The molecule has 7 heteroatoms. The lowest BCUT2D eigenvalue weighted by atomic mass is 9.85. The molecule has 0 radical (unpaired) electrons. The van der Waals surface area contributed by atoms with Gasteiger partial charge in [-0.2, -0.15) is 5.10 Å². The Hall–Kier alpha value is -2.15. The molecule has 1 amide bonds. The van der Waals surface area contributed by atoms with E-state index in [1.54, 1.807) is 9.58 Å². The maximum atomic E-state index is 13.0. The quantitative estimate of drug-likeness (QED) is 0.756. The molecule has 148 valence electrons. The average Bonchev–Trinajstić information content (AvgIpc) is 3.06. The van der Waals surface area contributed by atoms with Gasteiger partial charge in [-0.25, -0.2) is 0 Å². The fourth-order valence-corrected chi connectivity index (χ4v) is 3.64. The van der Waals surface area contributed by atoms with Gasteiger partial charge in [-0.1, -0.05) is 6.08 Å². The molecule has 3 rings (SSSR count). The van der Waals surface area contributed by atoms with Crippen molar-refractivity contribution < 1.29 is 19.1 Å². The highest BCUT2D eigenvalue weighted by molar-refractivity contribution is 5.94. The van der Waals surface area contributed by atoms with Crippen molar-refractivity contribution in [1.82, 2.24) is 14.7 Å². The largest absolute Gasteiger partial charge is 0.460 e. The van der Waals surface area contributed by atoms with Gasteiger partial charge in [0.2, 0.25) is 5.91 Å². The highest BCUT2D eigenvalue weighted by atomic mass is 16.6. The van der Waals surface area contributed by atoms with Gasteiger partial charge in [0, 0.05) is 44.2 Å². The number of carbonyl (C=O) groups is 2. The van der Waals surface area contributed by atoms with Crippen LogP contribution in [0.1, 0.15) is 45.1 Å². The molecule has 0 spiro atoms. The summed E-state index contributed by atoms with van der Waals surface area (Å²) in [6.07, 6.45) is 6.90. The zero-order valence-corrected chi connectivity index (χ0v) is 16.6. The number of hydrogen-bond acceptors (Lipinski definition) is 5. The highest BCUT2D eigenvalue weighted by Crippen LogP contribution is 2.32. The Morgan fingerprint density at radius 2 is 2.07 bits per heavy atom. The molecule has 2 atom stereocenters. The summed E-state index contributed by atoms with van der Waals surface area (Å²) in [6, 6.07) is 0. The number of nitrogens with zero attached hydrogens (tertiary/aromatic N) is 3. The molecule has 3 heterocycles. The maximum Gasteiger partial charge on any atom is 0.311 e. The Morgan fingerprint density at radius 3 is 2.67 bits per heavy atom. The van der Waals surface area contributed by atoms with Gasteiger partial charge in [0.05, 0.1) is 25.3 Å². The van der Waals surface area contributed by atoms with Gasteiger partial charge in [0.1, 0.15) is 5.60 Å². The number of esters is 1. The van der Waals surface area contributed by atoms with Crippen molar-refractivity contribution in [2.24, 2.45) is 13.0 Å². The van der Waals surface area contributed by atoms with Crippen LogP contribution in [0.4, 0.5) is 0 Å². The fourth-order valence-electron chi connectivity index (χ4n) is 3.64. The predicted molar refractivity (Wildman–Crippen MR) is 100 cm³/mol. The van der Waals surface area contributed by atoms with Gasteiger partial charge in [-0.05, 0) is 32.8 Å². The third kappa shape index (κ3) is 4.97. The van der Waals surface area contributed by atoms with E-state index in [2.05, 4.69) is 5.10 Å². The standard InChI is InChI=1S/C20H29N3O4/c1-20(2,3)27-19(25)16-9-15(17-10-21-22(4)11-17)12-23(13-16)18(24)14-5-7-26-8-6-14/h5,10-11,15-16H,6-9,12-13H2,1-4H3. The molecule has 2 aliphatic heterocycles. The molecule has 0 saturated carbocycles. The predicted octanol–water partition coefficient (Wildman–Crippen LogP) is 2.04. The number of piperidine rings is 1. The molecule has 0 aliphatic carbocycles. The minimum Gasteiger partial charge on any atom is -0.460 e. The maximum absolute atomic E-state index is 13.0. The van der Waals surface area contributed by atoms with Crippen LogP contribution in [0, 0.1) is 5.92 Å². The van der Waals surface area contributed by atoms with E-state index in [4.69, 9.17) is 9.47 Å². The van der Waals surface area contributed by atoms with E-state index in [-0.39, 0.29) is 23.7 Å². The summed E-state index contributed by atoms with van der Waals surface area (Å²) in [5.41, 5.74) is 1.27. The Balaban J connectivity index is 1.81. The third-order valence-corrected chi connectivity index (χ3v) is 4.91. The summed E-state index contributed by atoms with van der Waals surface area (Å²) in [6.45, 7) is 7.60. The Kier molecular flexibility index (Phi) is 5.69. The van der Waals surface area contributed by atoms with E-state index in [0.717, 1.165) is 11.1 Å². The van der Waals surface area contributed by atoms with E-state index in [1.165, 1.54) is 0 Å². The van der Waals surface area contributed by atoms with Crippen molar-refractivity contribution in [3.8, 4) is 0 Å². The smallest absolute Gasteiger partial charge is 0.311 e. The first-order valence-electron chi connectivity index (χ1n) is 9.50. The Bertz CT molecular complexity index is 732. The number of hydrogen-bond donors (Lipinski definition) is 0. The molecule has 1 fully saturated rings. The second-order valence-electron chi connectivity index (χ2n) is 8.37. The molecule has 27 heavy (non-hydrogen) atoms. The normalized spacial score (nSPS) is 23.7. The number of ether oxygens (including phenoxy) is 2. The molecule has 0 bridgehead atoms. The number of aromatic nitrogens is 2. The molecule has 0 aromatic carbocycles. The van der Waals surface area contributed by atoms with Gasteiger partial charge in [0.15, 0.2) is 0 Å². The van der Waals surface area contributed by atoms with Crippen LogP contribution in [0.25, 0.3) is 0 Å². The lowest BCUT2D eigenvalue weighted by molar-refractivity contribution is -0.162. The second kappa shape index (κ2) is 7.84. The van der Waals surface area contributed by atoms with Crippen LogP contribution in [0.3, 0.4) is 0 Å². The van der Waals surface area contributed by atoms with Crippen molar-refractivity contribution >= 4 is 11.9 Å². The fraction of sp³-hybridized carbons (Fsp3) is 0.650. The Labute approximate surface area is 160 Å². The van der Waals surface area contributed by atoms with Gasteiger partial charge in [-0.15, -0.1) is 0 Å². The minimum absolute atomic E-state index is 0.000416. The average molecular weight is 375 g/mol. The van der Waals surface area contributed by atoms with E-state index < -0.39 is 5.60 Å². The van der Waals surface area contributed by atoms with Crippen LogP contribution >= 0.6 is 0 Å². The number of aryl methyl sites for hydroxylation is 1. The monoisotopic (exact) mass is 375 g/mol. The van der Waals surface area contributed by atoms with Crippen molar-refractivity contribution in [2.75, 3.05) is 26.3 Å². The number of amides is 1. The van der Waals surface area contributed by atoms with E-state index >= 15 is 0 Å². The summed E-state index contributed by atoms with van der Waals surface area (Å²) in [5.74, 6) is -0.516. The van der Waals surface area contributed by atoms with E-state index in [1.807, 2.05) is 46.3 Å². The first kappa shape index (κ1) is 19.6. The van der Waals surface area contributed by atoms with Crippen molar-refractivity contribution in [3.63, 3.8) is 0 Å². The molecule has 1 saturated heterocycles. The number of rotatable bonds is 3. The molecule has 0 N–H and O–H groups in total. The van der Waals surface area contributed by atoms with Gasteiger partial charge in [0.25, 0.3) is 0 Å². The summed E-state index contributed by atoms with van der Waals surface area (Å²) in [7, 11) is 1.87. The lowest BCUT2D eigenvalue weighted by Crippen LogP contribution is -2.47. The van der Waals surface area contributed by atoms with Crippen LogP contribution in [0.5, 0.6) is 0 Å². The van der Waals surface area contributed by atoms with Crippen LogP contribution < -0.4 is 0 Å². The second-order valence-corrected chi connectivity index (χ2v) is 8.37. The SMILES string of the molecule is Cn1cc(C2CC(C(=O)OC(C)(C)C)CN(C(=O)C3=CCOCC3)C2)cn1. The Morgan fingerprint density at radius 1 is 1.30 bits per heavy atom. The van der Waals surface area contributed by atoms with E-state index in [9.17, 15) is 9.59 Å². The lowest BCUT2D eigenvalue weighted by Gasteiger charge is -2.38. The van der Waals surface area contributed by atoms with Gasteiger partial charge >= 0.3 is 5.97 Å². The van der Waals surface area contributed by atoms with Crippen molar-refractivity contribution in [3.05, 3.63) is 29.6 Å². The molecule has 1 aromatic rings. The van der Waals surface area contributed by atoms with Crippen LogP contribution in [0.2, 0.25) is 0 Å². The highest BCUT2D eigenvalue weighted by Gasteiger charge is 2.37. The molecular weight excluding hydrogens is 346 g/mol. The zero-order valence-electron chi connectivity index (χ0n) is 16.6. The first-order valence-corrected chi connectivity index (χ1v) is 9.50. The van der Waals surface area contributed by atoms with Gasteiger partial charge in [-0.3, -0.25) is 14.3 Å². The zero-order chi connectivity index (χ0) is 19.6. The summed E-state index contributed by atoms with van der Waals surface area (Å²) < 4.78 is 12.7. The summed E-state index contributed by atoms with van der Waals surface area (Å²) in [5, 5.41) is 4.25. The van der Waals surface area contributed by atoms with Gasteiger partial charge < -0.3 is 14.4 Å². The minimum atomic E-state index is -0.545. The molecule has 7 nitrogen and oxygen atoms in total. The molecular formula is C20H29N3O4. The first-order chi connectivity index (χ1) is 12.7. The van der Waals surface area contributed by atoms with Crippen LogP contribution in [-0.2, 0) is 26.1 Å². The summed E-state index contributed by atoms with van der Waals surface area (Å²) >= 11 is 0. The topological polar surface area (TPSA) is 73.7 Å². The number of likely N-dealkylation sites (tertiary alicyclic amines) is 1. The van der Waals surface area contributed by atoms with Crippen LogP contribution in [0.15, 0.2) is 24.0 Å². The number of carbonyl (C=O) groups excluding carboxylic acids is 2. The van der Waals surface area contributed by atoms with Crippen molar-refractivity contribution in [2.45, 2.75) is 45.1 Å². The van der Waals surface area contributed by atoms with Crippen LogP contribution in [-0.4, -0.2) is 58.5 Å². The van der Waals surface area contributed by atoms with E-state index in [0.29, 0.717) is 39.1 Å². The third-order valence-electron chi connectivity index (χ3n) is 4.91. The molecule has 2 unspecified atom stereocenters. The molecule has 2 aliphatic rings. The summed E-state index contributed by atoms with van der Waals surface area (Å²) in [4.78, 5) is 27.5.